The number of ether oxygens (including phenoxy) is 4. The Morgan fingerprint density at radius 2 is 0.562 bits per heavy atom. The first-order valence-corrected chi connectivity index (χ1v) is 16.3. The van der Waals surface area contributed by atoms with Gasteiger partial charge in [0.05, 0.1) is 0 Å². The van der Waals surface area contributed by atoms with E-state index in [0.717, 1.165) is 0 Å². The maximum absolute atomic E-state index is 10.9. The Morgan fingerprint density at radius 3 is 0.771 bits per heavy atom. The molecule has 0 saturated heterocycles. The predicted molar refractivity (Wildman–Crippen MR) is 185 cm³/mol. The van der Waals surface area contributed by atoms with Crippen LogP contribution < -0.4 is 18.9 Å². The minimum Gasteiger partial charge on any atom is -0.491 e. The average molecular weight is 661 g/mol. The molecule has 0 saturated carbocycles. The van der Waals surface area contributed by atoms with Crippen molar-refractivity contribution in [2.75, 3.05) is 65.7 Å². The van der Waals surface area contributed by atoms with Crippen LogP contribution in [0.3, 0.4) is 0 Å². The van der Waals surface area contributed by atoms with E-state index in [0.29, 0.717) is 36.1 Å². The van der Waals surface area contributed by atoms with Crippen molar-refractivity contribution in [3.8, 4) is 23.0 Å². The van der Waals surface area contributed by atoms with Gasteiger partial charge in [-0.2, -0.15) is 0 Å². The molecule has 0 aromatic heterocycles. The molecule has 0 spiro atoms. The van der Waals surface area contributed by atoms with E-state index in [1.165, 1.54) is 0 Å². The van der Waals surface area contributed by atoms with E-state index < -0.39 is 24.4 Å². The molecule has 0 amide bonds. The highest BCUT2D eigenvalue weighted by Crippen LogP contribution is 2.13. The zero-order valence-electron chi connectivity index (χ0n) is 27.2. The summed E-state index contributed by atoms with van der Waals surface area (Å²) >= 11 is 0. The molecule has 0 aliphatic carbocycles. The number of rotatable bonds is 23. The van der Waals surface area contributed by atoms with Crippen molar-refractivity contribution >= 4 is 0 Å². The summed E-state index contributed by atoms with van der Waals surface area (Å²) in [5.41, 5.74) is 0. The highest BCUT2D eigenvalue weighted by molar-refractivity contribution is 5.23. The van der Waals surface area contributed by atoms with Crippen LogP contribution >= 0.6 is 0 Å². The first kappa shape index (κ1) is 36.7. The standard InChI is InChI=1S/C38H48N2O8/c41-31(27-45-35-13-5-1-6-14-35)23-39(24-32(42)28-46-36-15-7-2-8-16-36)21-22-40(25-33(43)29-47-37-17-9-3-10-18-37)26-34(44)30-48-38-19-11-4-12-20-38/h1-20,31-34,41-44H,21-30H2/t31-,32-,33-,34-/m0/s1. The minimum absolute atomic E-state index is 0.0753. The van der Waals surface area contributed by atoms with Gasteiger partial charge in [0, 0.05) is 39.3 Å². The van der Waals surface area contributed by atoms with Crippen molar-refractivity contribution in [3.05, 3.63) is 121 Å². The third-order valence-corrected chi connectivity index (χ3v) is 7.35. The Balaban J connectivity index is 1.37. The van der Waals surface area contributed by atoms with E-state index in [1.807, 2.05) is 131 Å². The molecule has 4 rings (SSSR count). The number of benzene rings is 4. The monoisotopic (exact) mass is 660 g/mol. The number of hydrogen-bond acceptors (Lipinski definition) is 10. The fraction of sp³-hybridized carbons (Fsp3) is 0.368. The molecule has 48 heavy (non-hydrogen) atoms. The lowest BCUT2D eigenvalue weighted by Gasteiger charge is -2.32. The Labute approximate surface area is 283 Å². The molecule has 4 N–H and O–H groups in total. The maximum Gasteiger partial charge on any atom is 0.119 e. The van der Waals surface area contributed by atoms with Crippen molar-refractivity contribution in [1.29, 1.82) is 0 Å². The minimum atomic E-state index is -0.837. The van der Waals surface area contributed by atoms with Gasteiger partial charge in [0.15, 0.2) is 0 Å². The fourth-order valence-electron chi connectivity index (χ4n) is 5.04. The molecule has 10 nitrogen and oxygen atoms in total. The van der Waals surface area contributed by atoms with Crippen molar-refractivity contribution in [2.24, 2.45) is 0 Å². The maximum atomic E-state index is 10.9. The molecule has 4 atom stereocenters. The molecule has 0 fully saturated rings. The van der Waals surface area contributed by atoms with Gasteiger partial charge in [-0.25, -0.2) is 0 Å². The Hall–Kier alpha value is -4.16. The molecule has 0 bridgehead atoms. The van der Waals surface area contributed by atoms with Gasteiger partial charge < -0.3 is 39.4 Å². The molecule has 0 heterocycles. The lowest BCUT2D eigenvalue weighted by Crippen LogP contribution is -2.48. The molecule has 258 valence electrons. The van der Waals surface area contributed by atoms with E-state index in [9.17, 15) is 20.4 Å². The first-order chi connectivity index (χ1) is 23.4. The molecule has 0 aliphatic rings. The molecule has 4 aromatic carbocycles. The van der Waals surface area contributed by atoms with Gasteiger partial charge in [-0.15, -0.1) is 0 Å². The van der Waals surface area contributed by atoms with Gasteiger partial charge in [0.25, 0.3) is 0 Å². The zero-order chi connectivity index (χ0) is 33.8. The van der Waals surface area contributed by atoms with E-state index in [1.54, 1.807) is 0 Å². The number of hydrogen-bond donors (Lipinski definition) is 4. The summed E-state index contributed by atoms with van der Waals surface area (Å²) in [6.07, 6.45) is -3.35. The van der Waals surface area contributed by atoms with Crippen molar-refractivity contribution < 1.29 is 39.4 Å². The third-order valence-electron chi connectivity index (χ3n) is 7.35. The van der Waals surface area contributed by atoms with Gasteiger partial charge in [0.2, 0.25) is 0 Å². The van der Waals surface area contributed by atoms with E-state index in [-0.39, 0.29) is 52.6 Å². The second-order valence-electron chi connectivity index (χ2n) is 11.6. The summed E-state index contributed by atoms with van der Waals surface area (Å²) in [4.78, 5) is 3.87. The lowest BCUT2D eigenvalue weighted by atomic mass is 10.2. The molecule has 10 heteroatoms. The van der Waals surface area contributed by atoms with Crippen LogP contribution in [0, 0.1) is 0 Å². The summed E-state index contributed by atoms with van der Waals surface area (Å²) in [5, 5.41) is 43.6. The number of nitrogens with zero attached hydrogens (tertiary/aromatic N) is 2. The lowest BCUT2D eigenvalue weighted by molar-refractivity contribution is 0.0108. The summed E-state index contributed by atoms with van der Waals surface area (Å²) in [5.74, 6) is 2.63. The molecule has 0 unspecified atom stereocenters. The van der Waals surface area contributed by atoms with Gasteiger partial charge >= 0.3 is 0 Å². The molecular weight excluding hydrogens is 612 g/mol. The van der Waals surface area contributed by atoms with Crippen molar-refractivity contribution in [2.45, 2.75) is 24.4 Å². The van der Waals surface area contributed by atoms with E-state index in [4.69, 9.17) is 18.9 Å². The predicted octanol–water partition coefficient (Wildman–Crippen LogP) is 3.35. The third kappa shape index (κ3) is 14.7. The SMILES string of the molecule is O[C@H](COc1ccccc1)CN(CCN(C[C@H](O)COc1ccccc1)C[C@H](O)COc1ccccc1)C[C@H](O)COc1ccccc1. The smallest absolute Gasteiger partial charge is 0.119 e. The molecule has 0 aliphatic heterocycles. The van der Waals surface area contributed by atoms with Crippen LogP contribution in [-0.2, 0) is 0 Å². The zero-order valence-corrected chi connectivity index (χ0v) is 27.2. The summed E-state index contributed by atoms with van der Waals surface area (Å²) in [6.45, 7) is 2.04. The van der Waals surface area contributed by atoms with Crippen molar-refractivity contribution in [3.63, 3.8) is 0 Å². The van der Waals surface area contributed by atoms with Gasteiger partial charge in [-0.05, 0) is 48.5 Å². The van der Waals surface area contributed by atoms with Crippen LogP contribution in [0.25, 0.3) is 0 Å². The van der Waals surface area contributed by atoms with Crippen LogP contribution in [0.5, 0.6) is 23.0 Å². The van der Waals surface area contributed by atoms with Crippen LogP contribution in [-0.4, -0.2) is 120 Å². The fourth-order valence-corrected chi connectivity index (χ4v) is 5.04. The number of aliphatic hydroxyl groups excluding tert-OH is 4. The number of para-hydroxylation sites is 4. The Kier molecular flexibility index (Phi) is 16.0. The largest absolute Gasteiger partial charge is 0.491 e. The van der Waals surface area contributed by atoms with E-state index >= 15 is 0 Å². The molecule has 0 radical (unpaired) electrons. The second-order valence-corrected chi connectivity index (χ2v) is 11.6. The quantitative estimate of drug-likeness (QED) is 0.0942. The van der Waals surface area contributed by atoms with Gasteiger partial charge in [0.1, 0.15) is 73.8 Å². The van der Waals surface area contributed by atoms with Gasteiger partial charge in [-0.3, -0.25) is 9.80 Å². The van der Waals surface area contributed by atoms with Crippen LogP contribution in [0.2, 0.25) is 0 Å². The highest BCUT2D eigenvalue weighted by Gasteiger charge is 2.21. The summed E-state index contributed by atoms with van der Waals surface area (Å²) in [6, 6.07) is 37.1. The topological polar surface area (TPSA) is 124 Å². The van der Waals surface area contributed by atoms with Crippen molar-refractivity contribution in [1.82, 2.24) is 9.80 Å². The average Bonchev–Trinajstić information content (AvgIpc) is 3.12. The van der Waals surface area contributed by atoms with Gasteiger partial charge in [-0.1, -0.05) is 72.8 Å². The second kappa shape index (κ2) is 20.9. The summed E-state index contributed by atoms with van der Waals surface area (Å²) in [7, 11) is 0. The molecule has 4 aromatic rings. The van der Waals surface area contributed by atoms with Crippen LogP contribution in [0.4, 0.5) is 0 Å². The Morgan fingerprint density at radius 1 is 0.354 bits per heavy atom. The number of aliphatic hydroxyl groups is 4. The highest BCUT2D eigenvalue weighted by atomic mass is 16.5. The first-order valence-electron chi connectivity index (χ1n) is 16.3. The normalized spacial score (nSPS) is 13.9. The van der Waals surface area contributed by atoms with Crippen LogP contribution in [0.1, 0.15) is 0 Å². The van der Waals surface area contributed by atoms with Crippen LogP contribution in [0.15, 0.2) is 121 Å². The molecular formula is C38H48N2O8. The van der Waals surface area contributed by atoms with E-state index in [2.05, 4.69) is 0 Å². The summed E-state index contributed by atoms with van der Waals surface area (Å²) < 4.78 is 23.1. The Bertz CT molecular complexity index is 1160.